The van der Waals surface area contributed by atoms with Gasteiger partial charge in [0.2, 0.25) is 0 Å². The Labute approximate surface area is 68.8 Å². The van der Waals surface area contributed by atoms with Crippen molar-refractivity contribution in [2.24, 2.45) is 5.73 Å². The van der Waals surface area contributed by atoms with Gasteiger partial charge >= 0.3 is 0 Å². The topological polar surface area (TPSA) is 46.2 Å². The van der Waals surface area contributed by atoms with E-state index in [1.807, 2.05) is 0 Å². The molecule has 0 heterocycles. The summed E-state index contributed by atoms with van der Waals surface area (Å²) in [6.45, 7) is 2.15. The van der Waals surface area contributed by atoms with Gasteiger partial charge in [0, 0.05) is 6.04 Å². The average Bonchev–Trinajstić information content (AvgIpc) is 1.95. The number of hydrogen-bond donors (Lipinski definition) is 2. The fourth-order valence-electron chi connectivity index (χ4n) is 1.60. The normalized spacial score (nSPS) is 24.3. The van der Waals surface area contributed by atoms with E-state index < -0.39 is 5.60 Å². The highest BCUT2D eigenvalue weighted by atomic mass is 16.3. The highest BCUT2D eigenvalue weighted by molar-refractivity contribution is 4.96. The molecule has 1 fully saturated rings. The third-order valence-corrected chi connectivity index (χ3v) is 2.78. The van der Waals surface area contributed by atoms with E-state index in [4.69, 9.17) is 5.73 Å². The number of nitrogens with two attached hydrogens (primary N) is 1. The van der Waals surface area contributed by atoms with Gasteiger partial charge < -0.3 is 10.8 Å². The summed E-state index contributed by atoms with van der Waals surface area (Å²) in [7, 11) is 0. The number of aliphatic hydroxyl groups is 1. The van der Waals surface area contributed by atoms with Crippen molar-refractivity contribution in [3.05, 3.63) is 0 Å². The van der Waals surface area contributed by atoms with Crippen LogP contribution in [0.25, 0.3) is 0 Å². The molecular weight excluding hydrogens is 138 g/mol. The molecule has 66 valence electrons. The maximum absolute atomic E-state index is 9.78. The van der Waals surface area contributed by atoms with Crippen LogP contribution in [0.15, 0.2) is 0 Å². The molecule has 2 nitrogen and oxygen atoms in total. The van der Waals surface area contributed by atoms with E-state index in [0.29, 0.717) is 0 Å². The van der Waals surface area contributed by atoms with E-state index in [-0.39, 0.29) is 6.04 Å². The molecule has 11 heavy (non-hydrogen) atoms. The molecule has 0 bridgehead atoms. The van der Waals surface area contributed by atoms with E-state index in [1.54, 1.807) is 0 Å². The standard InChI is InChI=1S/C9H19NO/c1-2-3-5-8(10)9(11)6-4-7-9/h8,11H,2-7,10H2,1H3. The summed E-state index contributed by atoms with van der Waals surface area (Å²) in [4.78, 5) is 0. The SMILES string of the molecule is CCCCC(N)C1(O)CCC1. The molecule has 1 aliphatic rings. The Morgan fingerprint density at radius 1 is 1.55 bits per heavy atom. The highest BCUT2D eigenvalue weighted by Crippen LogP contribution is 2.35. The van der Waals surface area contributed by atoms with Crippen LogP contribution in [0.5, 0.6) is 0 Å². The van der Waals surface area contributed by atoms with Crippen LogP contribution >= 0.6 is 0 Å². The molecule has 0 aliphatic heterocycles. The largest absolute Gasteiger partial charge is 0.388 e. The Hall–Kier alpha value is -0.0800. The maximum atomic E-state index is 9.78. The van der Waals surface area contributed by atoms with E-state index in [9.17, 15) is 5.11 Å². The molecule has 1 atom stereocenters. The number of hydrogen-bond acceptors (Lipinski definition) is 2. The first-order chi connectivity index (χ1) is 5.19. The molecule has 0 amide bonds. The lowest BCUT2D eigenvalue weighted by atomic mass is 9.74. The quantitative estimate of drug-likeness (QED) is 0.648. The molecule has 1 unspecified atom stereocenters. The molecule has 0 saturated heterocycles. The molecule has 0 aromatic carbocycles. The third kappa shape index (κ3) is 1.94. The molecule has 3 N–H and O–H groups in total. The van der Waals surface area contributed by atoms with Crippen LogP contribution in [0.1, 0.15) is 45.4 Å². The second kappa shape index (κ2) is 3.55. The minimum absolute atomic E-state index is 0.0243. The monoisotopic (exact) mass is 157 g/mol. The van der Waals surface area contributed by atoms with Crippen LogP contribution in [0.4, 0.5) is 0 Å². The van der Waals surface area contributed by atoms with Crippen LogP contribution < -0.4 is 5.73 Å². The van der Waals surface area contributed by atoms with Gasteiger partial charge in [-0.2, -0.15) is 0 Å². The van der Waals surface area contributed by atoms with Crippen molar-refractivity contribution < 1.29 is 5.11 Å². The Kier molecular flexibility index (Phi) is 2.90. The van der Waals surface area contributed by atoms with Crippen LogP contribution in [-0.2, 0) is 0 Å². The lowest BCUT2D eigenvalue weighted by molar-refractivity contribution is -0.0570. The van der Waals surface area contributed by atoms with Gasteiger partial charge in [-0.25, -0.2) is 0 Å². The van der Waals surface area contributed by atoms with Crippen molar-refractivity contribution in [3.8, 4) is 0 Å². The summed E-state index contributed by atoms with van der Waals surface area (Å²) in [5.41, 5.74) is 5.36. The number of unbranched alkanes of at least 4 members (excludes halogenated alkanes) is 1. The van der Waals surface area contributed by atoms with Crippen molar-refractivity contribution in [2.45, 2.75) is 57.1 Å². The summed E-state index contributed by atoms with van der Waals surface area (Å²) in [6.07, 6.45) is 6.27. The summed E-state index contributed by atoms with van der Waals surface area (Å²) < 4.78 is 0. The first-order valence-electron chi connectivity index (χ1n) is 4.67. The Bertz CT molecular complexity index is 121. The van der Waals surface area contributed by atoms with Gasteiger partial charge in [-0.3, -0.25) is 0 Å². The Morgan fingerprint density at radius 2 is 2.18 bits per heavy atom. The van der Waals surface area contributed by atoms with E-state index in [2.05, 4.69) is 6.92 Å². The van der Waals surface area contributed by atoms with Crippen molar-refractivity contribution in [2.75, 3.05) is 0 Å². The molecule has 1 rings (SSSR count). The fourth-order valence-corrected chi connectivity index (χ4v) is 1.60. The summed E-state index contributed by atoms with van der Waals surface area (Å²) >= 11 is 0. The molecular formula is C9H19NO. The molecule has 1 saturated carbocycles. The predicted molar refractivity (Wildman–Crippen MR) is 46.3 cm³/mol. The first kappa shape index (κ1) is 9.01. The van der Waals surface area contributed by atoms with Crippen LogP contribution in [0.3, 0.4) is 0 Å². The van der Waals surface area contributed by atoms with Gasteiger partial charge in [0.15, 0.2) is 0 Å². The molecule has 0 radical (unpaired) electrons. The van der Waals surface area contributed by atoms with Crippen LogP contribution in [0.2, 0.25) is 0 Å². The first-order valence-corrected chi connectivity index (χ1v) is 4.67. The third-order valence-electron chi connectivity index (χ3n) is 2.78. The zero-order valence-corrected chi connectivity index (χ0v) is 7.34. The van der Waals surface area contributed by atoms with E-state index in [1.165, 1.54) is 6.42 Å². The van der Waals surface area contributed by atoms with Crippen molar-refractivity contribution in [1.82, 2.24) is 0 Å². The van der Waals surface area contributed by atoms with Crippen molar-refractivity contribution in [1.29, 1.82) is 0 Å². The molecule has 1 aliphatic carbocycles. The van der Waals surface area contributed by atoms with Crippen molar-refractivity contribution >= 4 is 0 Å². The molecule has 2 heteroatoms. The summed E-state index contributed by atoms with van der Waals surface area (Å²) in [6, 6.07) is 0.0243. The Balaban J connectivity index is 2.22. The molecule has 0 spiro atoms. The second-order valence-electron chi connectivity index (χ2n) is 3.71. The molecule has 0 aromatic heterocycles. The smallest absolute Gasteiger partial charge is 0.0798 e. The van der Waals surface area contributed by atoms with E-state index in [0.717, 1.165) is 32.1 Å². The number of rotatable bonds is 4. The lowest BCUT2D eigenvalue weighted by Gasteiger charge is -2.41. The van der Waals surface area contributed by atoms with Gasteiger partial charge in [0.1, 0.15) is 0 Å². The van der Waals surface area contributed by atoms with Gasteiger partial charge in [-0.1, -0.05) is 19.8 Å². The van der Waals surface area contributed by atoms with Gasteiger partial charge in [0.05, 0.1) is 5.60 Å². The Morgan fingerprint density at radius 3 is 2.55 bits per heavy atom. The fraction of sp³-hybridized carbons (Fsp3) is 1.00. The highest BCUT2D eigenvalue weighted by Gasteiger charge is 2.39. The maximum Gasteiger partial charge on any atom is 0.0798 e. The lowest BCUT2D eigenvalue weighted by Crippen LogP contribution is -2.52. The van der Waals surface area contributed by atoms with Gasteiger partial charge in [-0.15, -0.1) is 0 Å². The zero-order valence-electron chi connectivity index (χ0n) is 7.34. The van der Waals surface area contributed by atoms with Gasteiger partial charge in [0.25, 0.3) is 0 Å². The minimum atomic E-state index is -0.491. The minimum Gasteiger partial charge on any atom is -0.388 e. The molecule has 0 aromatic rings. The van der Waals surface area contributed by atoms with Crippen LogP contribution in [0, 0.1) is 0 Å². The summed E-state index contributed by atoms with van der Waals surface area (Å²) in [5.74, 6) is 0. The second-order valence-corrected chi connectivity index (χ2v) is 3.71. The zero-order chi connectivity index (χ0) is 8.32. The summed E-state index contributed by atoms with van der Waals surface area (Å²) in [5, 5.41) is 9.78. The predicted octanol–water partition coefficient (Wildman–Crippen LogP) is 1.42. The average molecular weight is 157 g/mol. The van der Waals surface area contributed by atoms with E-state index >= 15 is 0 Å². The van der Waals surface area contributed by atoms with Crippen molar-refractivity contribution in [3.63, 3.8) is 0 Å². The van der Waals surface area contributed by atoms with Gasteiger partial charge in [-0.05, 0) is 25.7 Å². The van der Waals surface area contributed by atoms with Crippen LogP contribution in [-0.4, -0.2) is 16.7 Å².